The standard InChI is InChI=1S/C23H21F2N3O3/c1-26-23(31)22(16-9-10-18(24)19(25)11-16)28-21(30)13-27-20(29)12-15-7-4-6-14-5-2-3-8-17(14)15/h2-11,22H,12-13H2,1H3,(H,26,31)(H,27,29)(H,28,30). The van der Waals surface area contributed by atoms with E-state index in [4.69, 9.17) is 0 Å². The van der Waals surface area contributed by atoms with Crippen LogP contribution in [0.3, 0.4) is 0 Å². The highest BCUT2D eigenvalue weighted by Crippen LogP contribution is 2.19. The largest absolute Gasteiger partial charge is 0.357 e. The van der Waals surface area contributed by atoms with E-state index in [0.29, 0.717) is 0 Å². The molecule has 0 aromatic heterocycles. The van der Waals surface area contributed by atoms with Crippen LogP contribution in [0.5, 0.6) is 0 Å². The first-order valence-electron chi connectivity index (χ1n) is 9.58. The lowest BCUT2D eigenvalue weighted by molar-refractivity contribution is -0.129. The molecule has 3 aromatic rings. The number of amides is 3. The zero-order valence-electron chi connectivity index (χ0n) is 16.7. The summed E-state index contributed by atoms with van der Waals surface area (Å²) in [5, 5.41) is 9.25. The number of nitrogens with one attached hydrogen (secondary N) is 3. The van der Waals surface area contributed by atoms with E-state index < -0.39 is 29.5 Å². The Kier molecular flexibility index (Phi) is 6.92. The quantitative estimate of drug-likeness (QED) is 0.543. The average molecular weight is 425 g/mol. The summed E-state index contributed by atoms with van der Waals surface area (Å²) in [5.74, 6) is -3.82. The van der Waals surface area contributed by atoms with Gasteiger partial charge in [-0.15, -0.1) is 0 Å². The Hall–Kier alpha value is -3.81. The van der Waals surface area contributed by atoms with Gasteiger partial charge in [0.05, 0.1) is 13.0 Å². The minimum atomic E-state index is -1.23. The zero-order valence-corrected chi connectivity index (χ0v) is 16.7. The molecule has 0 fully saturated rings. The van der Waals surface area contributed by atoms with Gasteiger partial charge in [0, 0.05) is 7.05 Å². The van der Waals surface area contributed by atoms with E-state index in [1.54, 1.807) is 0 Å². The summed E-state index contributed by atoms with van der Waals surface area (Å²) in [6.45, 7) is -0.374. The number of hydrogen-bond acceptors (Lipinski definition) is 3. The molecule has 3 amide bonds. The number of carbonyl (C=O) groups is 3. The number of halogens is 2. The van der Waals surface area contributed by atoms with Crippen LogP contribution in [0.2, 0.25) is 0 Å². The number of hydrogen-bond donors (Lipinski definition) is 3. The van der Waals surface area contributed by atoms with Crippen LogP contribution in [0, 0.1) is 11.6 Å². The summed E-state index contributed by atoms with van der Waals surface area (Å²) < 4.78 is 26.7. The first-order valence-corrected chi connectivity index (χ1v) is 9.58. The fourth-order valence-electron chi connectivity index (χ4n) is 3.21. The van der Waals surface area contributed by atoms with Gasteiger partial charge in [0.2, 0.25) is 17.7 Å². The normalized spacial score (nSPS) is 11.6. The lowest BCUT2D eigenvalue weighted by atomic mass is 10.0. The maximum absolute atomic E-state index is 13.5. The van der Waals surface area contributed by atoms with Gasteiger partial charge >= 0.3 is 0 Å². The third-order valence-electron chi connectivity index (χ3n) is 4.77. The van der Waals surface area contributed by atoms with Crippen LogP contribution in [-0.2, 0) is 20.8 Å². The fraction of sp³-hybridized carbons (Fsp3) is 0.174. The Balaban J connectivity index is 1.62. The van der Waals surface area contributed by atoms with Crippen LogP contribution in [-0.4, -0.2) is 31.3 Å². The monoisotopic (exact) mass is 425 g/mol. The minimum Gasteiger partial charge on any atom is -0.357 e. The zero-order chi connectivity index (χ0) is 22.4. The molecule has 31 heavy (non-hydrogen) atoms. The van der Waals surface area contributed by atoms with Crippen molar-refractivity contribution < 1.29 is 23.2 Å². The van der Waals surface area contributed by atoms with Crippen LogP contribution in [0.25, 0.3) is 10.8 Å². The molecule has 160 valence electrons. The smallest absolute Gasteiger partial charge is 0.246 e. The summed E-state index contributed by atoms with van der Waals surface area (Å²) in [6, 6.07) is 15.0. The number of fused-ring (bicyclic) bond motifs is 1. The van der Waals surface area contributed by atoms with Crippen molar-refractivity contribution in [3.63, 3.8) is 0 Å². The molecule has 0 saturated carbocycles. The first kappa shape index (κ1) is 21.9. The van der Waals surface area contributed by atoms with Gasteiger partial charge in [-0.2, -0.15) is 0 Å². The van der Waals surface area contributed by atoms with Crippen LogP contribution in [0.1, 0.15) is 17.2 Å². The van der Waals surface area contributed by atoms with Crippen molar-refractivity contribution in [1.82, 2.24) is 16.0 Å². The van der Waals surface area contributed by atoms with Crippen molar-refractivity contribution in [2.75, 3.05) is 13.6 Å². The van der Waals surface area contributed by atoms with Crippen molar-refractivity contribution in [1.29, 1.82) is 0 Å². The van der Waals surface area contributed by atoms with Crippen LogP contribution in [0.15, 0.2) is 60.7 Å². The SMILES string of the molecule is CNC(=O)C(NC(=O)CNC(=O)Cc1cccc2ccccc12)c1ccc(F)c(F)c1. The van der Waals surface area contributed by atoms with Gasteiger partial charge in [-0.05, 0) is 34.0 Å². The topological polar surface area (TPSA) is 87.3 Å². The van der Waals surface area contributed by atoms with E-state index in [2.05, 4.69) is 16.0 Å². The molecule has 0 aliphatic carbocycles. The molecule has 0 heterocycles. The van der Waals surface area contributed by atoms with Crippen molar-refractivity contribution in [3.8, 4) is 0 Å². The average Bonchev–Trinajstić information content (AvgIpc) is 2.78. The molecule has 0 aliphatic heterocycles. The van der Waals surface area contributed by atoms with Crippen LogP contribution in [0.4, 0.5) is 8.78 Å². The van der Waals surface area contributed by atoms with E-state index in [-0.39, 0.29) is 24.4 Å². The molecule has 0 saturated heterocycles. The minimum absolute atomic E-state index is 0.0775. The summed E-state index contributed by atoms with van der Waals surface area (Å²) in [7, 11) is 1.35. The molecular formula is C23H21F2N3O3. The van der Waals surface area contributed by atoms with Gasteiger partial charge in [-0.1, -0.05) is 48.5 Å². The van der Waals surface area contributed by atoms with Crippen molar-refractivity contribution in [3.05, 3.63) is 83.4 Å². The highest BCUT2D eigenvalue weighted by Gasteiger charge is 2.23. The van der Waals surface area contributed by atoms with Crippen LogP contribution >= 0.6 is 0 Å². The van der Waals surface area contributed by atoms with Crippen molar-refractivity contribution >= 4 is 28.5 Å². The molecular weight excluding hydrogens is 404 g/mol. The lowest BCUT2D eigenvalue weighted by Crippen LogP contribution is -2.43. The molecule has 0 bridgehead atoms. The van der Waals surface area contributed by atoms with Gasteiger partial charge in [0.1, 0.15) is 6.04 Å². The van der Waals surface area contributed by atoms with Gasteiger partial charge < -0.3 is 16.0 Å². The van der Waals surface area contributed by atoms with E-state index in [1.807, 2.05) is 42.5 Å². The van der Waals surface area contributed by atoms with E-state index >= 15 is 0 Å². The van der Waals surface area contributed by atoms with Crippen molar-refractivity contribution in [2.45, 2.75) is 12.5 Å². The van der Waals surface area contributed by atoms with Gasteiger partial charge in [-0.3, -0.25) is 14.4 Å². The second-order valence-electron chi connectivity index (χ2n) is 6.88. The van der Waals surface area contributed by atoms with E-state index in [1.165, 1.54) is 13.1 Å². The maximum Gasteiger partial charge on any atom is 0.246 e. The third-order valence-corrected chi connectivity index (χ3v) is 4.77. The molecule has 0 aliphatic rings. The molecule has 8 heteroatoms. The second-order valence-corrected chi connectivity index (χ2v) is 6.88. The van der Waals surface area contributed by atoms with Crippen molar-refractivity contribution in [2.24, 2.45) is 0 Å². The maximum atomic E-state index is 13.5. The Morgan fingerprint density at radius 2 is 1.65 bits per heavy atom. The molecule has 1 unspecified atom stereocenters. The first-order chi connectivity index (χ1) is 14.9. The van der Waals surface area contributed by atoms with Gasteiger partial charge in [0.25, 0.3) is 0 Å². The second kappa shape index (κ2) is 9.80. The van der Waals surface area contributed by atoms with E-state index in [0.717, 1.165) is 28.5 Å². The van der Waals surface area contributed by atoms with Crippen LogP contribution < -0.4 is 16.0 Å². The molecule has 3 N–H and O–H groups in total. The Labute approximate surface area is 177 Å². The molecule has 1 atom stereocenters. The number of benzene rings is 3. The molecule has 3 aromatic carbocycles. The van der Waals surface area contributed by atoms with E-state index in [9.17, 15) is 23.2 Å². The molecule has 6 nitrogen and oxygen atoms in total. The highest BCUT2D eigenvalue weighted by atomic mass is 19.2. The third kappa shape index (κ3) is 5.42. The predicted molar refractivity (Wildman–Crippen MR) is 112 cm³/mol. The summed E-state index contributed by atoms with van der Waals surface area (Å²) in [5.41, 5.74) is 0.898. The summed E-state index contributed by atoms with van der Waals surface area (Å²) >= 11 is 0. The predicted octanol–water partition coefficient (Wildman–Crippen LogP) is 2.38. The Morgan fingerprint density at radius 1 is 0.903 bits per heavy atom. The van der Waals surface area contributed by atoms with Gasteiger partial charge in [-0.25, -0.2) is 8.78 Å². The molecule has 0 spiro atoms. The molecule has 0 radical (unpaired) electrons. The van der Waals surface area contributed by atoms with Gasteiger partial charge in [0.15, 0.2) is 11.6 Å². The number of rotatable bonds is 7. The number of carbonyl (C=O) groups excluding carboxylic acids is 3. The fourth-order valence-corrected chi connectivity index (χ4v) is 3.21. The lowest BCUT2D eigenvalue weighted by Gasteiger charge is -2.18. The number of likely N-dealkylation sites (N-methyl/N-ethyl adjacent to an activating group) is 1. The Morgan fingerprint density at radius 3 is 2.39 bits per heavy atom. The Bertz CT molecular complexity index is 1130. The molecule has 3 rings (SSSR count). The highest BCUT2D eigenvalue weighted by molar-refractivity contribution is 5.93. The summed E-state index contributed by atoms with van der Waals surface area (Å²) in [4.78, 5) is 36.7. The summed E-state index contributed by atoms with van der Waals surface area (Å²) in [6.07, 6.45) is 0.0800.